The second-order valence-corrected chi connectivity index (χ2v) is 16.9. The molecule has 236 valence electrons. The number of phenolic OH excluding ortho intramolecular Hbond substituents is 2. The molecule has 43 heavy (non-hydrogen) atoms. The lowest BCUT2D eigenvalue weighted by Gasteiger charge is -2.63. The second-order valence-electron chi connectivity index (χ2n) is 16.9. The molecule has 9 atom stereocenters. The molecule has 0 saturated heterocycles. The minimum absolute atomic E-state index is 0.0493. The van der Waals surface area contributed by atoms with E-state index in [1.807, 2.05) is 0 Å². The van der Waals surface area contributed by atoms with Crippen LogP contribution < -0.4 is 0 Å². The average Bonchev–Trinajstić information content (AvgIpc) is 3.52. The molecule has 1 aromatic carbocycles. The monoisotopic (exact) mass is 588 g/mol. The largest absolute Gasteiger partial charge is 0.504 e. The lowest BCUT2D eigenvalue weighted by molar-refractivity contribution is -0.179. The zero-order chi connectivity index (χ0) is 31.0. The van der Waals surface area contributed by atoms with Crippen LogP contribution in [0.5, 0.6) is 11.5 Å². The Balaban J connectivity index is 1.16. The molecule has 4 heteroatoms. The van der Waals surface area contributed by atoms with Crippen LogP contribution in [-0.2, 0) is 9.53 Å². The normalized spacial score (nSPS) is 41.4. The van der Waals surface area contributed by atoms with Crippen LogP contribution >= 0.6 is 0 Å². The summed E-state index contributed by atoms with van der Waals surface area (Å²) in [5.74, 6) is 2.40. The number of benzene rings is 1. The van der Waals surface area contributed by atoms with Crippen LogP contribution in [0.15, 0.2) is 35.9 Å². The van der Waals surface area contributed by atoms with Crippen molar-refractivity contribution in [1.29, 1.82) is 0 Å². The van der Waals surface area contributed by atoms with Crippen LogP contribution in [0.1, 0.15) is 125 Å². The van der Waals surface area contributed by atoms with E-state index >= 15 is 0 Å². The Morgan fingerprint density at radius 1 is 0.930 bits per heavy atom. The average molecular weight is 589 g/mol. The number of fused-ring (bicyclic) bond motifs is 2. The lowest BCUT2D eigenvalue weighted by Crippen LogP contribution is -2.58. The molecule has 5 aliphatic rings. The van der Waals surface area contributed by atoms with E-state index in [0.29, 0.717) is 33.1 Å². The molecule has 5 aliphatic carbocycles. The molecule has 5 saturated carbocycles. The number of rotatable bonds is 7. The highest BCUT2D eigenvalue weighted by Gasteiger charge is 2.82. The van der Waals surface area contributed by atoms with Crippen molar-refractivity contribution in [2.75, 3.05) is 0 Å². The van der Waals surface area contributed by atoms with Crippen molar-refractivity contribution >= 4 is 12.0 Å². The zero-order valence-corrected chi connectivity index (χ0v) is 27.8. The molecule has 6 rings (SSSR count). The molecule has 2 N–H and O–H groups in total. The van der Waals surface area contributed by atoms with Gasteiger partial charge >= 0.3 is 5.97 Å². The Hall–Kier alpha value is -2.23. The first kappa shape index (κ1) is 30.8. The van der Waals surface area contributed by atoms with Crippen LogP contribution in [0.2, 0.25) is 0 Å². The molecule has 0 amide bonds. The van der Waals surface area contributed by atoms with Crippen LogP contribution in [0.3, 0.4) is 0 Å². The van der Waals surface area contributed by atoms with E-state index in [4.69, 9.17) is 4.74 Å². The highest BCUT2D eigenvalue weighted by molar-refractivity contribution is 5.87. The Morgan fingerprint density at radius 2 is 1.65 bits per heavy atom. The minimum Gasteiger partial charge on any atom is -0.504 e. The van der Waals surface area contributed by atoms with Crippen molar-refractivity contribution in [3.05, 3.63) is 41.5 Å². The van der Waals surface area contributed by atoms with Crippen LogP contribution in [0, 0.1) is 50.7 Å². The number of carbonyl (C=O) groups excluding carboxylic acids is 1. The number of esters is 1. The van der Waals surface area contributed by atoms with E-state index in [0.717, 1.165) is 24.2 Å². The van der Waals surface area contributed by atoms with Crippen LogP contribution in [0.25, 0.3) is 6.08 Å². The van der Waals surface area contributed by atoms with Gasteiger partial charge in [-0.25, -0.2) is 4.79 Å². The number of hydrogen-bond acceptors (Lipinski definition) is 4. The zero-order valence-electron chi connectivity index (χ0n) is 27.8. The van der Waals surface area contributed by atoms with Crippen molar-refractivity contribution in [3.63, 3.8) is 0 Å². The maximum Gasteiger partial charge on any atom is 0.331 e. The molecule has 9 unspecified atom stereocenters. The molecule has 5 fully saturated rings. The predicted molar refractivity (Wildman–Crippen MR) is 173 cm³/mol. The first-order chi connectivity index (χ1) is 20.2. The van der Waals surface area contributed by atoms with E-state index in [2.05, 4.69) is 54.5 Å². The smallest absolute Gasteiger partial charge is 0.331 e. The molecule has 1 aromatic rings. The number of hydrogen-bond donors (Lipinski definition) is 2. The van der Waals surface area contributed by atoms with Crippen molar-refractivity contribution < 1.29 is 19.7 Å². The van der Waals surface area contributed by atoms with Gasteiger partial charge in [-0.2, -0.15) is 0 Å². The van der Waals surface area contributed by atoms with Crippen LogP contribution in [-0.4, -0.2) is 22.3 Å². The summed E-state index contributed by atoms with van der Waals surface area (Å²) in [7, 11) is 0. The summed E-state index contributed by atoms with van der Waals surface area (Å²) in [5.41, 5.74) is 3.87. The molecule has 0 heterocycles. The molecule has 0 aromatic heterocycles. The highest BCUT2D eigenvalue weighted by Crippen LogP contribution is 2.89. The number of ether oxygens (including phenoxy) is 1. The van der Waals surface area contributed by atoms with Crippen molar-refractivity contribution in [2.45, 2.75) is 125 Å². The summed E-state index contributed by atoms with van der Waals surface area (Å²) in [6.45, 7) is 17.2. The van der Waals surface area contributed by atoms with Gasteiger partial charge in [0, 0.05) is 11.5 Å². The van der Waals surface area contributed by atoms with Crippen molar-refractivity contribution in [3.8, 4) is 11.5 Å². The highest BCUT2D eigenvalue weighted by atomic mass is 16.5. The maximum atomic E-state index is 13.0. The van der Waals surface area contributed by atoms with Crippen LogP contribution in [0.4, 0.5) is 0 Å². The summed E-state index contributed by atoms with van der Waals surface area (Å²) >= 11 is 0. The lowest BCUT2D eigenvalue weighted by atomic mass is 9.41. The first-order valence-corrected chi connectivity index (χ1v) is 17.2. The summed E-state index contributed by atoms with van der Waals surface area (Å²) in [6, 6.07) is 4.55. The number of phenols is 2. The van der Waals surface area contributed by atoms with Gasteiger partial charge in [-0.15, -0.1) is 0 Å². The van der Waals surface area contributed by atoms with E-state index < -0.39 is 0 Å². The summed E-state index contributed by atoms with van der Waals surface area (Å²) in [4.78, 5) is 13.0. The predicted octanol–water partition coefficient (Wildman–Crippen LogP) is 9.84. The van der Waals surface area contributed by atoms with Crippen molar-refractivity contribution in [2.24, 2.45) is 50.7 Å². The fourth-order valence-corrected chi connectivity index (χ4v) is 12.3. The third-order valence-corrected chi connectivity index (χ3v) is 14.6. The molecule has 0 radical (unpaired) electrons. The number of aromatic hydroxyl groups is 2. The van der Waals surface area contributed by atoms with E-state index in [1.165, 1.54) is 88.0 Å². The molecular formula is C39H56O4. The molecule has 0 bridgehead atoms. The molecule has 2 spiro atoms. The van der Waals surface area contributed by atoms with Crippen molar-refractivity contribution in [1.82, 2.24) is 0 Å². The van der Waals surface area contributed by atoms with Gasteiger partial charge in [0.15, 0.2) is 11.5 Å². The standard InChI is InChI=1S/C39H56O4/c1-25(2)9-8-10-26(3)28-17-19-37(7)32-15-14-31-35(4,5)33(18-20-38(31)24-39(32,38)22-21-36(28,37)6)43-34(42)16-12-27-11-13-29(40)30(41)23-27/h9,11-13,16,23,26,28,31-33,40-41H,8,10,14-15,17-22,24H2,1-7H3. The van der Waals surface area contributed by atoms with E-state index in [-0.39, 0.29) is 29.0 Å². The third kappa shape index (κ3) is 4.54. The van der Waals surface area contributed by atoms with Gasteiger partial charge in [0.05, 0.1) is 0 Å². The fourth-order valence-electron chi connectivity index (χ4n) is 12.3. The van der Waals surface area contributed by atoms with Gasteiger partial charge in [-0.05, 0) is 154 Å². The number of carbonyl (C=O) groups is 1. The Kier molecular flexibility index (Phi) is 7.45. The minimum atomic E-state index is -0.322. The SMILES string of the molecule is CC(C)=CCCC(C)C1CCC2(C)C3CCC4C(C)(C)C(OC(=O)C=Cc5ccc(O)c(O)c5)CCC45CC35CCC12C. The topological polar surface area (TPSA) is 66.8 Å². The first-order valence-electron chi connectivity index (χ1n) is 17.2. The summed E-state index contributed by atoms with van der Waals surface area (Å²) in [6.07, 6.45) is 19.8. The van der Waals surface area contributed by atoms with Gasteiger partial charge < -0.3 is 14.9 Å². The van der Waals surface area contributed by atoms with E-state index in [1.54, 1.807) is 12.1 Å². The number of allylic oxidation sites excluding steroid dienone is 2. The van der Waals surface area contributed by atoms with E-state index in [9.17, 15) is 15.0 Å². The van der Waals surface area contributed by atoms with Gasteiger partial charge in [0.2, 0.25) is 0 Å². The Labute approximate surface area is 260 Å². The molecule has 4 nitrogen and oxygen atoms in total. The summed E-state index contributed by atoms with van der Waals surface area (Å²) < 4.78 is 6.18. The van der Waals surface area contributed by atoms with Gasteiger partial charge in [0.1, 0.15) is 6.10 Å². The Morgan fingerprint density at radius 3 is 2.37 bits per heavy atom. The Bertz CT molecular complexity index is 1320. The molecular weight excluding hydrogens is 532 g/mol. The van der Waals surface area contributed by atoms with Gasteiger partial charge in [-0.3, -0.25) is 0 Å². The van der Waals surface area contributed by atoms with Gasteiger partial charge in [0.25, 0.3) is 0 Å². The quantitative estimate of drug-likeness (QED) is 0.144. The fraction of sp³-hybridized carbons (Fsp3) is 0.718. The third-order valence-electron chi connectivity index (χ3n) is 14.6. The van der Waals surface area contributed by atoms with Gasteiger partial charge in [-0.1, -0.05) is 52.3 Å². The summed E-state index contributed by atoms with van der Waals surface area (Å²) in [5, 5.41) is 19.3. The molecule has 0 aliphatic heterocycles. The second kappa shape index (κ2) is 10.4. The maximum absolute atomic E-state index is 13.0.